The van der Waals surface area contributed by atoms with Crippen LogP contribution < -0.4 is 4.74 Å². The molecule has 1 N–H and O–H groups in total. The lowest BCUT2D eigenvalue weighted by Crippen LogP contribution is -2.12. The van der Waals surface area contributed by atoms with E-state index in [1.807, 2.05) is 24.4 Å². The van der Waals surface area contributed by atoms with Gasteiger partial charge in [-0.05, 0) is 42.7 Å². The highest BCUT2D eigenvalue weighted by atomic mass is 35.5. The number of carbonyl (C=O) groups excluding carboxylic acids is 1. The van der Waals surface area contributed by atoms with Gasteiger partial charge < -0.3 is 14.5 Å². The molecular formula is C20H19Cl2NO3. The van der Waals surface area contributed by atoms with Crippen LogP contribution in [0.1, 0.15) is 18.4 Å². The molecule has 0 spiro atoms. The van der Waals surface area contributed by atoms with Gasteiger partial charge in [0.05, 0.1) is 5.02 Å². The monoisotopic (exact) mass is 391 g/mol. The zero-order valence-corrected chi connectivity index (χ0v) is 15.6. The number of aromatic amines is 1. The summed E-state index contributed by atoms with van der Waals surface area (Å²) < 4.78 is 10.7. The van der Waals surface area contributed by atoms with Gasteiger partial charge in [-0.1, -0.05) is 41.4 Å². The summed E-state index contributed by atoms with van der Waals surface area (Å²) in [5, 5.41) is 2.18. The Bertz CT molecular complexity index is 892. The molecule has 0 saturated heterocycles. The number of hydrogen-bond acceptors (Lipinski definition) is 3. The molecule has 3 rings (SSSR count). The maximum atomic E-state index is 11.8. The SMILES string of the molecule is O=C(CCCc1c[nH]c2ccccc12)OCCOc1ccc(Cl)cc1Cl. The van der Waals surface area contributed by atoms with E-state index < -0.39 is 0 Å². The molecule has 0 amide bonds. The molecule has 0 unspecified atom stereocenters. The Morgan fingerprint density at radius 2 is 1.92 bits per heavy atom. The normalized spacial score (nSPS) is 10.8. The maximum Gasteiger partial charge on any atom is 0.305 e. The van der Waals surface area contributed by atoms with Crippen LogP contribution in [-0.2, 0) is 16.0 Å². The number of halogens is 2. The number of para-hydroxylation sites is 1. The van der Waals surface area contributed by atoms with Gasteiger partial charge in [-0.3, -0.25) is 4.79 Å². The van der Waals surface area contributed by atoms with Crippen LogP contribution in [0.15, 0.2) is 48.7 Å². The summed E-state index contributed by atoms with van der Waals surface area (Å²) in [4.78, 5) is 15.1. The molecule has 0 aliphatic carbocycles. The van der Waals surface area contributed by atoms with Crippen LogP contribution in [0.25, 0.3) is 10.9 Å². The van der Waals surface area contributed by atoms with Crippen LogP contribution in [0.3, 0.4) is 0 Å². The van der Waals surface area contributed by atoms with Crippen molar-refractivity contribution in [2.75, 3.05) is 13.2 Å². The van der Waals surface area contributed by atoms with Crippen LogP contribution >= 0.6 is 23.2 Å². The Morgan fingerprint density at radius 1 is 1.08 bits per heavy atom. The summed E-state index contributed by atoms with van der Waals surface area (Å²) in [6.07, 6.45) is 3.95. The number of benzene rings is 2. The van der Waals surface area contributed by atoms with Crippen molar-refractivity contribution in [1.29, 1.82) is 0 Å². The number of H-pyrrole nitrogens is 1. The summed E-state index contributed by atoms with van der Waals surface area (Å²) in [6.45, 7) is 0.431. The summed E-state index contributed by atoms with van der Waals surface area (Å²) in [6, 6.07) is 13.1. The number of aromatic nitrogens is 1. The highest BCUT2D eigenvalue weighted by Gasteiger charge is 2.07. The first-order chi connectivity index (χ1) is 12.6. The van der Waals surface area contributed by atoms with Gasteiger partial charge in [0.2, 0.25) is 0 Å². The first-order valence-corrected chi connectivity index (χ1v) is 9.17. The van der Waals surface area contributed by atoms with Crippen molar-refractivity contribution in [1.82, 2.24) is 4.98 Å². The van der Waals surface area contributed by atoms with E-state index in [1.165, 1.54) is 10.9 Å². The Kier molecular flexibility index (Phi) is 6.42. The Labute approximate surface area is 162 Å². The molecule has 1 aromatic heterocycles. The highest BCUT2D eigenvalue weighted by molar-refractivity contribution is 6.35. The van der Waals surface area contributed by atoms with Crippen molar-refractivity contribution in [3.8, 4) is 5.75 Å². The number of hydrogen-bond donors (Lipinski definition) is 1. The second-order valence-electron chi connectivity index (χ2n) is 5.86. The van der Waals surface area contributed by atoms with Crippen molar-refractivity contribution < 1.29 is 14.3 Å². The fraction of sp³-hybridized carbons (Fsp3) is 0.250. The van der Waals surface area contributed by atoms with Gasteiger partial charge in [-0.15, -0.1) is 0 Å². The Morgan fingerprint density at radius 3 is 2.77 bits per heavy atom. The topological polar surface area (TPSA) is 51.3 Å². The van der Waals surface area contributed by atoms with Gasteiger partial charge in [0, 0.05) is 28.5 Å². The molecule has 0 radical (unpaired) electrons. The summed E-state index contributed by atoms with van der Waals surface area (Å²) in [5.41, 5.74) is 2.33. The van der Waals surface area contributed by atoms with Gasteiger partial charge in [0.1, 0.15) is 19.0 Å². The maximum absolute atomic E-state index is 11.8. The molecular weight excluding hydrogens is 373 g/mol. The molecule has 4 nitrogen and oxygen atoms in total. The number of fused-ring (bicyclic) bond motifs is 1. The average molecular weight is 392 g/mol. The molecule has 0 atom stereocenters. The van der Waals surface area contributed by atoms with Gasteiger partial charge in [-0.2, -0.15) is 0 Å². The van der Waals surface area contributed by atoms with Crippen molar-refractivity contribution in [3.05, 3.63) is 64.3 Å². The van der Waals surface area contributed by atoms with E-state index in [9.17, 15) is 4.79 Å². The number of nitrogens with one attached hydrogen (secondary N) is 1. The van der Waals surface area contributed by atoms with Crippen molar-refractivity contribution >= 4 is 40.1 Å². The second-order valence-corrected chi connectivity index (χ2v) is 6.70. The van der Waals surface area contributed by atoms with E-state index >= 15 is 0 Å². The average Bonchev–Trinajstić information content (AvgIpc) is 3.03. The zero-order valence-electron chi connectivity index (χ0n) is 14.1. The van der Waals surface area contributed by atoms with Gasteiger partial charge in [0.15, 0.2) is 0 Å². The van der Waals surface area contributed by atoms with Crippen LogP contribution in [-0.4, -0.2) is 24.2 Å². The first-order valence-electron chi connectivity index (χ1n) is 8.42. The predicted molar refractivity (Wildman–Crippen MR) is 104 cm³/mol. The molecule has 3 aromatic rings. The number of rotatable bonds is 8. The number of carbonyl (C=O) groups is 1. The molecule has 136 valence electrons. The quantitative estimate of drug-likeness (QED) is 0.411. The largest absolute Gasteiger partial charge is 0.488 e. The lowest BCUT2D eigenvalue weighted by Gasteiger charge is -2.09. The minimum atomic E-state index is -0.226. The van der Waals surface area contributed by atoms with Crippen LogP contribution in [0, 0.1) is 0 Å². The van der Waals surface area contributed by atoms with Crippen molar-refractivity contribution in [2.24, 2.45) is 0 Å². The van der Waals surface area contributed by atoms with E-state index in [4.69, 9.17) is 32.7 Å². The summed E-state index contributed by atoms with van der Waals surface area (Å²) >= 11 is 11.8. The molecule has 6 heteroatoms. The number of esters is 1. The van der Waals surface area contributed by atoms with Gasteiger partial charge in [0.25, 0.3) is 0 Å². The predicted octanol–water partition coefficient (Wildman–Crippen LogP) is 5.42. The number of ether oxygens (including phenoxy) is 2. The minimum absolute atomic E-state index is 0.185. The molecule has 0 bridgehead atoms. The fourth-order valence-corrected chi connectivity index (χ4v) is 3.20. The van der Waals surface area contributed by atoms with E-state index in [0.29, 0.717) is 22.2 Å². The van der Waals surface area contributed by atoms with E-state index in [1.54, 1.807) is 18.2 Å². The molecule has 2 aromatic carbocycles. The van der Waals surface area contributed by atoms with Crippen molar-refractivity contribution in [2.45, 2.75) is 19.3 Å². The third-order valence-electron chi connectivity index (χ3n) is 4.00. The lowest BCUT2D eigenvalue weighted by atomic mass is 10.1. The van der Waals surface area contributed by atoms with E-state index in [-0.39, 0.29) is 19.2 Å². The Hall–Kier alpha value is -2.17. The smallest absolute Gasteiger partial charge is 0.305 e. The second kappa shape index (κ2) is 8.97. The molecule has 1 heterocycles. The van der Waals surface area contributed by atoms with Crippen molar-refractivity contribution in [3.63, 3.8) is 0 Å². The van der Waals surface area contributed by atoms with Crippen LogP contribution in [0.2, 0.25) is 10.0 Å². The summed E-state index contributed by atoms with van der Waals surface area (Å²) in [7, 11) is 0. The molecule has 0 fully saturated rings. The standard InChI is InChI=1S/C20H19Cl2NO3/c21-15-8-9-19(17(22)12-15)25-10-11-26-20(24)7-3-4-14-13-23-18-6-2-1-5-16(14)18/h1-2,5-6,8-9,12-13,23H,3-4,7,10-11H2. The van der Waals surface area contributed by atoms with Gasteiger partial charge >= 0.3 is 5.97 Å². The van der Waals surface area contributed by atoms with Gasteiger partial charge in [-0.25, -0.2) is 0 Å². The van der Waals surface area contributed by atoms with E-state index in [0.717, 1.165) is 18.4 Å². The number of aryl methyl sites for hydroxylation is 1. The molecule has 0 aliphatic heterocycles. The third-order valence-corrected chi connectivity index (χ3v) is 4.53. The third kappa shape index (κ3) is 4.93. The molecule has 26 heavy (non-hydrogen) atoms. The van der Waals surface area contributed by atoms with Crippen LogP contribution in [0.4, 0.5) is 0 Å². The summed E-state index contributed by atoms with van der Waals surface area (Å²) in [5.74, 6) is 0.294. The fourth-order valence-electron chi connectivity index (χ4n) is 2.73. The minimum Gasteiger partial charge on any atom is -0.488 e. The van der Waals surface area contributed by atoms with E-state index in [2.05, 4.69) is 11.1 Å². The highest BCUT2D eigenvalue weighted by Crippen LogP contribution is 2.27. The van der Waals surface area contributed by atoms with Crippen LogP contribution in [0.5, 0.6) is 5.75 Å². The lowest BCUT2D eigenvalue weighted by molar-refractivity contribution is -0.144. The Balaban J connectivity index is 1.35. The molecule has 0 saturated carbocycles. The zero-order chi connectivity index (χ0) is 18.4. The molecule has 0 aliphatic rings. The first kappa shape index (κ1) is 18.6.